The molecule has 0 radical (unpaired) electrons. The Bertz CT molecular complexity index is 484. The minimum absolute atomic E-state index is 0.114. The fourth-order valence-electron chi connectivity index (χ4n) is 3.54. The topological polar surface area (TPSA) is 15.3 Å². The number of rotatable bonds is 5. The predicted octanol–water partition coefficient (Wildman–Crippen LogP) is 3.49. The van der Waals surface area contributed by atoms with Crippen LogP contribution in [0.5, 0.6) is 0 Å². The second-order valence-electron chi connectivity index (χ2n) is 6.79. The molecule has 0 aromatic heterocycles. The van der Waals surface area contributed by atoms with Gasteiger partial charge in [0.05, 0.1) is 0 Å². The van der Waals surface area contributed by atoms with E-state index in [-0.39, 0.29) is 5.82 Å². The molecule has 1 saturated heterocycles. The summed E-state index contributed by atoms with van der Waals surface area (Å²) in [6.45, 7) is 7.43. The lowest BCUT2D eigenvalue weighted by Gasteiger charge is -2.41. The maximum Gasteiger partial charge on any atom is 0.123 e. The minimum atomic E-state index is -0.114. The second-order valence-corrected chi connectivity index (χ2v) is 6.79. The maximum absolute atomic E-state index is 13.5. The molecule has 0 amide bonds. The summed E-state index contributed by atoms with van der Waals surface area (Å²) < 4.78 is 13.5. The fourth-order valence-corrected chi connectivity index (χ4v) is 3.54. The molecule has 0 spiro atoms. The van der Waals surface area contributed by atoms with Crippen LogP contribution < -0.4 is 5.32 Å². The van der Waals surface area contributed by atoms with E-state index in [0.29, 0.717) is 12.1 Å². The van der Waals surface area contributed by atoms with Crippen molar-refractivity contribution in [3.8, 4) is 0 Å². The van der Waals surface area contributed by atoms with Crippen LogP contribution in [0, 0.1) is 18.7 Å². The molecule has 3 heteroatoms. The van der Waals surface area contributed by atoms with Crippen LogP contribution in [-0.2, 0) is 6.54 Å². The molecule has 21 heavy (non-hydrogen) atoms. The fraction of sp³-hybridized carbons (Fsp3) is 0.667. The lowest BCUT2D eigenvalue weighted by atomic mass is 10.00. The van der Waals surface area contributed by atoms with Crippen molar-refractivity contribution in [2.45, 2.75) is 58.2 Å². The van der Waals surface area contributed by atoms with Gasteiger partial charge in [-0.05, 0) is 55.4 Å². The molecule has 1 heterocycles. The van der Waals surface area contributed by atoms with Crippen molar-refractivity contribution in [1.29, 1.82) is 0 Å². The van der Waals surface area contributed by atoms with Crippen LogP contribution >= 0.6 is 0 Å². The zero-order chi connectivity index (χ0) is 14.8. The summed E-state index contributed by atoms with van der Waals surface area (Å²) in [4.78, 5) is 2.59. The third kappa shape index (κ3) is 3.64. The normalized spacial score (nSPS) is 27.0. The summed E-state index contributed by atoms with van der Waals surface area (Å²) in [5.74, 6) is 0.764. The van der Waals surface area contributed by atoms with E-state index in [4.69, 9.17) is 0 Å². The van der Waals surface area contributed by atoms with Gasteiger partial charge in [0.15, 0.2) is 0 Å². The van der Waals surface area contributed by atoms with E-state index < -0.39 is 0 Å². The van der Waals surface area contributed by atoms with Crippen molar-refractivity contribution in [3.05, 3.63) is 35.1 Å². The van der Waals surface area contributed by atoms with Gasteiger partial charge in [-0.25, -0.2) is 4.39 Å². The molecule has 1 aliphatic carbocycles. The number of aryl methyl sites for hydroxylation is 1. The number of piperazine rings is 1. The van der Waals surface area contributed by atoms with Gasteiger partial charge in [-0.15, -0.1) is 0 Å². The third-order valence-corrected chi connectivity index (χ3v) is 5.06. The number of nitrogens with zero attached hydrogens (tertiary/aromatic N) is 1. The van der Waals surface area contributed by atoms with E-state index in [0.717, 1.165) is 31.1 Å². The molecule has 3 rings (SSSR count). The Labute approximate surface area is 127 Å². The number of halogens is 1. The van der Waals surface area contributed by atoms with Crippen LogP contribution in [0.1, 0.15) is 43.7 Å². The smallest absolute Gasteiger partial charge is 0.123 e. The summed E-state index contributed by atoms with van der Waals surface area (Å²) >= 11 is 0. The summed E-state index contributed by atoms with van der Waals surface area (Å²) in [5.41, 5.74) is 2.35. The standard InChI is InChI=1S/C18H27FN2/c1-3-4-17-10-20-18(14-6-7-14)12-21(17)11-15-9-16(19)8-5-13(15)2/h5,8-9,14,17-18,20H,3-4,6-7,10-12H2,1-2H3. The molecule has 1 N–H and O–H groups in total. The Balaban J connectivity index is 1.73. The van der Waals surface area contributed by atoms with Crippen molar-refractivity contribution in [2.24, 2.45) is 5.92 Å². The van der Waals surface area contributed by atoms with Gasteiger partial charge in [-0.3, -0.25) is 4.90 Å². The zero-order valence-corrected chi connectivity index (χ0v) is 13.2. The quantitative estimate of drug-likeness (QED) is 0.893. The second kappa shape index (κ2) is 6.45. The first-order chi connectivity index (χ1) is 10.2. The Morgan fingerprint density at radius 2 is 2.14 bits per heavy atom. The van der Waals surface area contributed by atoms with Crippen molar-refractivity contribution in [3.63, 3.8) is 0 Å². The Hall–Kier alpha value is -0.930. The van der Waals surface area contributed by atoms with Crippen molar-refractivity contribution in [2.75, 3.05) is 13.1 Å². The molecule has 0 bridgehead atoms. The Morgan fingerprint density at radius 1 is 1.33 bits per heavy atom. The van der Waals surface area contributed by atoms with Gasteiger partial charge in [0.1, 0.15) is 5.82 Å². The number of benzene rings is 1. The number of nitrogens with one attached hydrogen (secondary N) is 1. The van der Waals surface area contributed by atoms with Gasteiger partial charge >= 0.3 is 0 Å². The zero-order valence-electron chi connectivity index (χ0n) is 13.2. The molecule has 116 valence electrons. The molecule has 2 atom stereocenters. The largest absolute Gasteiger partial charge is 0.311 e. The highest BCUT2D eigenvalue weighted by atomic mass is 19.1. The first kappa shape index (κ1) is 15.0. The average molecular weight is 290 g/mol. The van der Waals surface area contributed by atoms with Crippen molar-refractivity contribution in [1.82, 2.24) is 10.2 Å². The highest BCUT2D eigenvalue weighted by Gasteiger charge is 2.36. The molecule has 1 aromatic carbocycles. The highest BCUT2D eigenvalue weighted by molar-refractivity contribution is 5.26. The van der Waals surface area contributed by atoms with Gasteiger partial charge < -0.3 is 5.32 Å². The summed E-state index contributed by atoms with van der Waals surface area (Å²) in [7, 11) is 0. The van der Waals surface area contributed by atoms with Crippen LogP contribution in [0.4, 0.5) is 4.39 Å². The van der Waals surface area contributed by atoms with Crippen LogP contribution in [0.15, 0.2) is 18.2 Å². The van der Waals surface area contributed by atoms with Gasteiger partial charge in [-0.2, -0.15) is 0 Å². The SMILES string of the molecule is CCCC1CNC(C2CC2)CN1Cc1cc(F)ccc1C. The number of hydrogen-bond acceptors (Lipinski definition) is 2. The van der Waals surface area contributed by atoms with E-state index in [1.54, 1.807) is 12.1 Å². The van der Waals surface area contributed by atoms with E-state index in [1.807, 2.05) is 6.07 Å². The highest BCUT2D eigenvalue weighted by Crippen LogP contribution is 2.35. The molecular formula is C18H27FN2. The van der Waals surface area contributed by atoms with E-state index in [1.165, 1.54) is 31.2 Å². The van der Waals surface area contributed by atoms with Gasteiger partial charge in [-0.1, -0.05) is 19.4 Å². The summed E-state index contributed by atoms with van der Waals surface area (Å²) in [5, 5.41) is 3.74. The monoisotopic (exact) mass is 290 g/mol. The van der Waals surface area contributed by atoms with E-state index in [9.17, 15) is 4.39 Å². The van der Waals surface area contributed by atoms with Crippen LogP contribution in [0.2, 0.25) is 0 Å². The van der Waals surface area contributed by atoms with Crippen LogP contribution in [-0.4, -0.2) is 30.1 Å². The molecule has 1 saturated carbocycles. The van der Waals surface area contributed by atoms with Gasteiger partial charge in [0.25, 0.3) is 0 Å². The summed E-state index contributed by atoms with van der Waals surface area (Å²) in [6, 6.07) is 6.42. The number of hydrogen-bond donors (Lipinski definition) is 1. The average Bonchev–Trinajstić information content (AvgIpc) is 3.29. The molecule has 2 fully saturated rings. The molecule has 1 aliphatic heterocycles. The Morgan fingerprint density at radius 3 is 2.86 bits per heavy atom. The predicted molar refractivity (Wildman–Crippen MR) is 84.8 cm³/mol. The van der Waals surface area contributed by atoms with Crippen LogP contribution in [0.3, 0.4) is 0 Å². The van der Waals surface area contributed by atoms with Crippen LogP contribution in [0.25, 0.3) is 0 Å². The first-order valence-electron chi connectivity index (χ1n) is 8.40. The molecule has 2 aliphatic rings. The van der Waals surface area contributed by atoms with Gasteiger partial charge in [0, 0.05) is 31.7 Å². The van der Waals surface area contributed by atoms with E-state index in [2.05, 4.69) is 24.1 Å². The third-order valence-electron chi connectivity index (χ3n) is 5.06. The Kier molecular flexibility index (Phi) is 4.60. The van der Waals surface area contributed by atoms with Crippen molar-refractivity contribution < 1.29 is 4.39 Å². The lowest BCUT2D eigenvalue weighted by molar-refractivity contribution is 0.108. The molecule has 1 aromatic rings. The first-order valence-corrected chi connectivity index (χ1v) is 8.40. The maximum atomic E-state index is 13.5. The minimum Gasteiger partial charge on any atom is -0.311 e. The molecular weight excluding hydrogens is 263 g/mol. The lowest BCUT2D eigenvalue weighted by Crippen LogP contribution is -2.56. The van der Waals surface area contributed by atoms with Gasteiger partial charge in [0.2, 0.25) is 0 Å². The van der Waals surface area contributed by atoms with Crippen molar-refractivity contribution >= 4 is 0 Å². The summed E-state index contributed by atoms with van der Waals surface area (Å²) in [6.07, 6.45) is 5.18. The molecule has 2 nitrogen and oxygen atoms in total. The van der Waals surface area contributed by atoms with E-state index >= 15 is 0 Å². The molecule has 2 unspecified atom stereocenters.